The first-order valence-electron chi connectivity index (χ1n) is 0.258. The predicted octanol–water partition coefficient (Wildman–Crippen LogP) is -0.0185. The van der Waals surface area contributed by atoms with E-state index in [9.17, 15) is 0 Å². The molecule has 0 aliphatic heterocycles. The van der Waals surface area contributed by atoms with Crippen molar-refractivity contribution in [2.24, 2.45) is 0 Å². The van der Waals surface area contributed by atoms with Gasteiger partial charge in [0.15, 0.2) is 0 Å². The van der Waals surface area contributed by atoms with Gasteiger partial charge < -0.3 is 2.85 Å². The van der Waals surface area contributed by atoms with Crippen molar-refractivity contribution in [3.05, 3.63) is 0 Å². The molecule has 0 aromatic rings. The third kappa shape index (κ3) is 10.1. The largest absolute Gasteiger partial charge is 2.00 e. The standard InChI is InChI=1S/CHN.Ca.Zn.2H/c1-2;;;;/h1H;;;;/q;+2;;2*-1. The Kier molecular flexibility index (Phi) is 120. The predicted molar refractivity (Wildman–Crippen MR) is 14.6 cm³/mol. The van der Waals surface area contributed by atoms with Gasteiger partial charge in [0, 0.05) is 26.1 Å². The molecule has 0 radical (unpaired) electrons. The van der Waals surface area contributed by atoms with Crippen LogP contribution in [-0.2, 0) is 19.5 Å². The molecule has 0 unspecified atom stereocenters. The van der Waals surface area contributed by atoms with E-state index in [0.717, 1.165) is 0 Å². The second kappa shape index (κ2) is 26.4. The van der Waals surface area contributed by atoms with Crippen molar-refractivity contribution < 1.29 is 22.3 Å². The van der Waals surface area contributed by atoms with Crippen LogP contribution >= 0.6 is 0 Å². The fourth-order valence-electron chi connectivity index (χ4n) is 0. The first kappa shape index (κ1) is 18.2. The average Bonchev–Trinajstić information content (AvgIpc) is 1.00. The van der Waals surface area contributed by atoms with E-state index in [1.807, 2.05) is 0 Å². The van der Waals surface area contributed by atoms with Crippen LogP contribution in [0.3, 0.4) is 0 Å². The summed E-state index contributed by atoms with van der Waals surface area (Å²) in [7, 11) is 0. The molecule has 0 fully saturated rings. The Balaban J connectivity index is -0.000000000833. The van der Waals surface area contributed by atoms with Gasteiger partial charge >= 0.3 is 37.7 Å². The van der Waals surface area contributed by atoms with E-state index in [2.05, 4.69) is 6.57 Å². The van der Waals surface area contributed by atoms with Crippen LogP contribution in [0.5, 0.6) is 0 Å². The second-order valence-electron chi connectivity index (χ2n) is 0. The fraction of sp³-hybridized carbons (Fsp3) is 0. The summed E-state index contributed by atoms with van der Waals surface area (Å²) in [5.41, 5.74) is 0. The molecule has 0 atom stereocenters. The van der Waals surface area contributed by atoms with Crippen LogP contribution in [0.1, 0.15) is 2.85 Å². The van der Waals surface area contributed by atoms with Crippen molar-refractivity contribution >= 4 is 37.7 Å². The van der Waals surface area contributed by atoms with Crippen LogP contribution in [0, 0.1) is 11.8 Å². The zero-order chi connectivity index (χ0) is 2.00. The minimum Gasteiger partial charge on any atom is -1.00 e. The third-order valence-corrected chi connectivity index (χ3v) is 0. The van der Waals surface area contributed by atoms with Gasteiger partial charge in [-0.3, -0.25) is 0 Å². The molecular weight excluding hydrogens is 131 g/mol. The molecule has 0 saturated heterocycles. The van der Waals surface area contributed by atoms with E-state index in [1.54, 1.807) is 0 Å². The number of hydrogen-bond acceptors (Lipinski definition) is 1. The molecule has 0 aliphatic carbocycles. The quantitative estimate of drug-likeness (QED) is 0.427. The maximum atomic E-state index is 6.50. The summed E-state index contributed by atoms with van der Waals surface area (Å²) in [5, 5.41) is 6.50. The van der Waals surface area contributed by atoms with E-state index < -0.39 is 0 Å². The minimum atomic E-state index is 0. The average molecular weight is 135 g/mol. The van der Waals surface area contributed by atoms with E-state index >= 15 is 0 Å². The molecular formula is CH3CaNZn. The van der Waals surface area contributed by atoms with Crippen LogP contribution in [0.4, 0.5) is 0 Å². The van der Waals surface area contributed by atoms with Crippen LogP contribution in [0.2, 0.25) is 0 Å². The van der Waals surface area contributed by atoms with Crippen LogP contribution in [0.15, 0.2) is 0 Å². The number of hydrogen-bond donors (Lipinski definition) is 0. The van der Waals surface area contributed by atoms with Gasteiger partial charge in [0.2, 0.25) is 0 Å². The van der Waals surface area contributed by atoms with Crippen molar-refractivity contribution in [1.29, 1.82) is 5.26 Å². The first-order valence-corrected chi connectivity index (χ1v) is 0.258. The van der Waals surface area contributed by atoms with Crippen molar-refractivity contribution in [3.63, 3.8) is 0 Å². The second-order valence-corrected chi connectivity index (χ2v) is 0. The monoisotopic (exact) mass is 133 g/mol. The summed E-state index contributed by atoms with van der Waals surface area (Å²) in [5.74, 6) is 0. The van der Waals surface area contributed by atoms with Crippen molar-refractivity contribution in [1.82, 2.24) is 0 Å². The van der Waals surface area contributed by atoms with E-state index in [1.165, 1.54) is 0 Å². The molecule has 1 nitrogen and oxygen atoms in total. The molecule has 0 bridgehead atoms. The van der Waals surface area contributed by atoms with Gasteiger partial charge in [0.25, 0.3) is 0 Å². The topological polar surface area (TPSA) is 23.8 Å². The molecule has 0 amide bonds. The smallest absolute Gasteiger partial charge is 1.00 e. The molecule has 4 heavy (non-hydrogen) atoms. The van der Waals surface area contributed by atoms with Crippen molar-refractivity contribution in [2.75, 3.05) is 0 Å². The van der Waals surface area contributed by atoms with E-state index in [-0.39, 0.29) is 60.1 Å². The van der Waals surface area contributed by atoms with Crippen molar-refractivity contribution in [2.45, 2.75) is 0 Å². The SMILES string of the molecule is C#N.[Ca+2].[H-].[H-].[Zn]. The Morgan fingerprint density at radius 3 is 1.50 bits per heavy atom. The minimum absolute atomic E-state index is 0. The molecule has 0 aromatic heterocycles. The summed E-state index contributed by atoms with van der Waals surface area (Å²) in [6.07, 6.45) is 0. The maximum Gasteiger partial charge on any atom is 2.00 e. The molecule has 0 N–H and O–H groups in total. The Morgan fingerprint density at radius 1 is 1.50 bits per heavy atom. The van der Waals surface area contributed by atoms with Crippen LogP contribution in [0.25, 0.3) is 0 Å². The molecule has 16 valence electrons. The normalized spacial score (nSPS) is 0.500. The van der Waals surface area contributed by atoms with Gasteiger partial charge in [-0.25, -0.2) is 5.26 Å². The van der Waals surface area contributed by atoms with E-state index in [0.29, 0.717) is 0 Å². The number of nitrogens with zero attached hydrogens (tertiary/aromatic N) is 1. The number of rotatable bonds is 0. The van der Waals surface area contributed by atoms with Gasteiger partial charge in [-0.05, 0) is 0 Å². The molecule has 0 aromatic carbocycles. The molecule has 0 rings (SSSR count). The molecule has 0 saturated carbocycles. The molecule has 0 heterocycles. The number of nitriles is 1. The Bertz CT molecular complexity index is 18.3. The first-order chi connectivity index (χ1) is 1.00. The van der Waals surface area contributed by atoms with Crippen LogP contribution < -0.4 is 0 Å². The van der Waals surface area contributed by atoms with Gasteiger partial charge in [-0.2, -0.15) is 0 Å². The maximum absolute atomic E-state index is 6.50. The van der Waals surface area contributed by atoms with Gasteiger partial charge in [0.1, 0.15) is 0 Å². The van der Waals surface area contributed by atoms with Crippen molar-refractivity contribution in [3.8, 4) is 6.57 Å². The summed E-state index contributed by atoms with van der Waals surface area (Å²) in [4.78, 5) is 0. The van der Waals surface area contributed by atoms with E-state index in [4.69, 9.17) is 5.26 Å². The Labute approximate surface area is 71.1 Å². The van der Waals surface area contributed by atoms with Gasteiger partial charge in [0.05, 0.1) is 0 Å². The Hall–Kier alpha value is 1.37. The summed E-state index contributed by atoms with van der Waals surface area (Å²) in [6, 6.07) is 0. The molecule has 0 aliphatic rings. The fourth-order valence-corrected chi connectivity index (χ4v) is 0. The molecule has 3 heteroatoms. The zero-order valence-electron chi connectivity index (χ0n) is 4.44. The van der Waals surface area contributed by atoms with Gasteiger partial charge in [-0.15, -0.1) is 0 Å². The summed E-state index contributed by atoms with van der Waals surface area (Å²) >= 11 is 0. The Morgan fingerprint density at radius 2 is 1.50 bits per heavy atom. The zero-order valence-corrected chi connectivity index (χ0v) is 7.61. The summed E-state index contributed by atoms with van der Waals surface area (Å²) in [6.45, 7) is 3.50. The third-order valence-electron chi connectivity index (χ3n) is 0. The van der Waals surface area contributed by atoms with Gasteiger partial charge in [-0.1, -0.05) is 0 Å². The molecule has 0 spiro atoms. The van der Waals surface area contributed by atoms with Crippen LogP contribution in [-0.4, -0.2) is 37.7 Å². The summed E-state index contributed by atoms with van der Waals surface area (Å²) < 4.78 is 0.